The van der Waals surface area contributed by atoms with Gasteiger partial charge in [0.1, 0.15) is 29.7 Å². The van der Waals surface area contributed by atoms with Gasteiger partial charge < -0.3 is 8.83 Å². The van der Waals surface area contributed by atoms with E-state index in [0.29, 0.717) is 11.4 Å². The number of sulfonamides is 1. The van der Waals surface area contributed by atoms with E-state index in [2.05, 4.69) is 20.0 Å². The van der Waals surface area contributed by atoms with Crippen LogP contribution in [-0.2, 0) is 14.8 Å². The lowest BCUT2D eigenvalue weighted by Gasteiger charge is -2.03. The highest BCUT2D eigenvalue weighted by Gasteiger charge is 2.21. The molecule has 2 N–H and O–H groups in total. The van der Waals surface area contributed by atoms with Crippen LogP contribution in [0.2, 0.25) is 0 Å². The van der Waals surface area contributed by atoms with Crippen LogP contribution in [0, 0.1) is 0 Å². The first kappa shape index (κ1) is 19.4. The molecule has 0 unspecified atom stereocenters. The van der Waals surface area contributed by atoms with E-state index in [4.69, 9.17) is 8.83 Å². The van der Waals surface area contributed by atoms with Crippen molar-refractivity contribution in [3.63, 3.8) is 0 Å². The van der Waals surface area contributed by atoms with Crippen LogP contribution in [0.25, 0.3) is 22.5 Å². The normalized spacial score (nSPS) is 11.2. The van der Waals surface area contributed by atoms with Crippen LogP contribution < -0.4 is 10.0 Å². The molecule has 2 aromatic carbocycles. The molecule has 0 aliphatic rings. The van der Waals surface area contributed by atoms with Gasteiger partial charge in [-0.1, -0.05) is 60.7 Å². The van der Waals surface area contributed by atoms with Gasteiger partial charge in [0.05, 0.1) is 0 Å². The number of nitrogens with zero attached hydrogens (tertiary/aromatic N) is 2. The van der Waals surface area contributed by atoms with Gasteiger partial charge in [-0.3, -0.25) is 10.1 Å². The van der Waals surface area contributed by atoms with Crippen LogP contribution in [0.4, 0.5) is 12.0 Å². The standard InChI is InChI=1S/C20H16N4O5S/c25-18(23-19-21-16(11-28-19)14-7-3-1-4-8-14)13-30(26,27)24-20-22-17(12-29-20)15-9-5-2-6-10-15/h1-12H,13H2,(H,22,24)(H,21,23,25). The van der Waals surface area contributed by atoms with E-state index in [-0.39, 0.29) is 12.0 Å². The zero-order chi connectivity index (χ0) is 21.0. The number of carbonyl (C=O) groups is 1. The summed E-state index contributed by atoms with van der Waals surface area (Å²) in [5.41, 5.74) is 2.54. The van der Waals surface area contributed by atoms with Crippen molar-refractivity contribution in [3.8, 4) is 22.5 Å². The monoisotopic (exact) mass is 424 g/mol. The van der Waals surface area contributed by atoms with Gasteiger partial charge in [-0.25, -0.2) is 13.1 Å². The lowest BCUT2D eigenvalue weighted by molar-refractivity contribution is -0.114. The maximum absolute atomic E-state index is 12.3. The third kappa shape index (κ3) is 4.73. The Morgan fingerprint density at radius 3 is 1.87 bits per heavy atom. The Balaban J connectivity index is 1.37. The Kier molecular flexibility index (Phi) is 5.31. The van der Waals surface area contributed by atoms with Gasteiger partial charge in [-0.15, -0.1) is 0 Å². The third-order valence-electron chi connectivity index (χ3n) is 3.96. The first-order valence-corrected chi connectivity index (χ1v) is 10.5. The van der Waals surface area contributed by atoms with Crippen LogP contribution in [0.1, 0.15) is 0 Å². The van der Waals surface area contributed by atoms with E-state index >= 15 is 0 Å². The van der Waals surface area contributed by atoms with E-state index < -0.39 is 21.7 Å². The number of rotatable bonds is 7. The van der Waals surface area contributed by atoms with Crippen molar-refractivity contribution in [3.05, 3.63) is 73.2 Å². The highest BCUT2D eigenvalue weighted by molar-refractivity contribution is 7.93. The first-order valence-electron chi connectivity index (χ1n) is 8.81. The van der Waals surface area contributed by atoms with Crippen molar-refractivity contribution in [2.75, 3.05) is 15.8 Å². The van der Waals surface area contributed by atoms with Crippen molar-refractivity contribution < 1.29 is 22.0 Å². The van der Waals surface area contributed by atoms with Gasteiger partial charge in [0.15, 0.2) is 0 Å². The summed E-state index contributed by atoms with van der Waals surface area (Å²) in [5.74, 6) is -1.68. The minimum absolute atomic E-state index is 0.100. The molecule has 0 aliphatic heterocycles. The lowest BCUT2D eigenvalue weighted by Crippen LogP contribution is -2.27. The summed E-state index contributed by atoms with van der Waals surface area (Å²) in [5, 5.41) is 2.32. The molecule has 152 valence electrons. The largest absolute Gasteiger partial charge is 0.431 e. The van der Waals surface area contributed by atoms with Gasteiger partial charge in [-0.05, 0) is 0 Å². The van der Waals surface area contributed by atoms with Crippen LogP contribution in [0.3, 0.4) is 0 Å². The molecule has 2 heterocycles. The minimum Gasteiger partial charge on any atom is -0.431 e. The zero-order valence-corrected chi connectivity index (χ0v) is 16.3. The number of nitrogens with one attached hydrogen (secondary N) is 2. The second-order valence-electron chi connectivity index (χ2n) is 6.22. The molecule has 4 aromatic rings. The molecule has 0 radical (unpaired) electrons. The van der Waals surface area contributed by atoms with Crippen molar-refractivity contribution in [2.24, 2.45) is 0 Å². The summed E-state index contributed by atoms with van der Waals surface area (Å²) in [4.78, 5) is 20.3. The third-order valence-corrected chi connectivity index (χ3v) is 5.09. The average molecular weight is 424 g/mol. The number of amides is 1. The molecular weight excluding hydrogens is 408 g/mol. The first-order chi connectivity index (χ1) is 14.5. The summed E-state index contributed by atoms with van der Waals surface area (Å²) in [6.07, 6.45) is 2.70. The molecule has 0 fully saturated rings. The number of aromatic nitrogens is 2. The topological polar surface area (TPSA) is 127 Å². The van der Waals surface area contributed by atoms with Crippen LogP contribution >= 0.6 is 0 Å². The van der Waals surface area contributed by atoms with Crippen LogP contribution in [0.5, 0.6) is 0 Å². The Labute approximate surface area is 171 Å². The van der Waals surface area contributed by atoms with Crippen molar-refractivity contribution in [2.45, 2.75) is 0 Å². The summed E-state index contributed by atoms with van der Waals surface area (Å²) in [6.45, 7) is 0. The number of hydrogen-bond acceptors (Lipinski definition) is 7. The molecular formula is C20H16N4O5S. The maximum Gasteiger partial charge on any atom is 0.309 e. The summed E-state index contributed by atoms with van der Waals surface area (Å²) in [6, 6.07) is 18.0. The molecule has 9 nitrogen and oxygen atoms in total. The molecule has 0 saturated carbocycles. The smallest absolute Gasteiger partial charge is 0.309 e. The van der Waals surface area contributed by atoms with E-state index in [0.717, 1.165) is 11.1 Å². The Morgan fingerprint density at radius 2 is 1.30 bits per heavy atom. The average Bonchev–Trinajstić information content (AvgIpc) is 3.38. The predicted molar refractivity (Wildman–Crippen MR) is 110 cm³/mol. The van der Waals surface area contributed by atoms with Gasteiger partial charge in [0, 0.05) is 11.1 Å². The highest BCUT2D eigenvalue weighted by atomic mass is 32.2. The van der Waals surface area contributed by atoms with E-state index in [1.165, 1.54) is 12.5 Å². The second kappa shape index (κ2) is 8.21. The molecule has 2 aromatic heterocycles. The summed E-state index contributed by atoms with van der Waals surface area (Å²) < 4.78 is 37.0. The van der Waals surface area contributed by atoms with Gasteiger partial charge in [0.2, 0.25) is 15.9 Å². The molecule has 0 spiro atoms. The SMILES string of the molecule is O=C(CS(=O)(=O)Nc1nc(-c2ccccc2)co1)Nc1nc(-c2ccccc2)co1. The quantitative estimate of drug-likeness (QED) is 0.465. The maximum atomic E-state index is 12.3. The summed E-state index contributed by atoms with van der Waals surface area (Å²) in [7, 11) is -4.06. The molecule has 0 aliphatic carbocycles. The molecule has 0 bridgehead atoms. The zero-order valence-electron chi connectivity index (χ0n) is 15.5. The van der Waals surface area contributed by atoms with Crippen LogP contribution in [-0.4, -0.2) is 30.0 Å². The molecule has 4 rings (SSSR count). The van der Waals surface area contributed by atoms with Crippen molar-refractivity contribution in [1.82, 2.24) is 9.97 Å². The predicted octanol–water partition coefficient (Wildman–Crippen LogP) is 3.38. The fourth-order valence-corrected chi connectivity index (χ4v) is 3.48. The molecule has 10 heteroatoms. The number of carbonyl (C=O) groups excluding carboxylic acids is 1. The fraction of sp³-hybridized carbons (Fsp3) is 0.0500. The van der Waals surface area contributed by atoms with E-state index in [1.54, 1.807) is 0 Å². The molecule has 1 amide bonds. The van der Waals surface area contributed by atoms with Gasteiger partial charge in [-0.2, -0.15) is 9.97 Å². The van der Waals surface area contributed by atoms with E-state index in [9.17, 15) is 13.2 Å². The van der Waals surface area contributed by atoms with Crippen molar-refractivity contribution >= 4 is 28.0 Å². The van der Waals surface area contributed by atoms with Gasteiger partial charge >= 0.3 is 12.0 Å². The second-order valence-corrected chi connectivity index (χ2v) is 7.94. The van der Waals surface area contributed by atoms with Gasteiger partial charge in [0.25, 0.3) is 0 Å². The molecule has 0 atom stereocenters. The Morgan fingerprint density at radius 1 is 0.800 bits per heavy atom. The highest BCUT2D eigenvalue weighted by Crippen LogP contribution is 2.22. The summed E-state index contributed by atoms with van der Waals surface area (Å²) >= 11 is 0. The molecule has 0 saturated heterocycles. The lowest BCUT2D eigenvalue weighted by atomic mass is 10.2. The number of oxazole rings is 2. The molecule has 30 heavy (non-hydrogen) atoms. The Hall–Kier alpha value is -3.92. The van der Waals surface area contributed by atoms with Crippen LogP contribution in [0.15, 0.2) is 82.0 Å². The number of hydrogen-bond donors (Lipinski definition) is 2. The number of benzene rings is 2. The van der Waals surface area contributed by atoms with E-state index in [1.807, 2.05) is 60.7 Å². The Bertz CT molecular complexity index is 1250. The minimum atomic E-state index is -4.06. The van der Waals surface area contributed by atoms with Crippen molar-refractivity contribution in [1.29, 1.82) is 0 Å². The number of anilines is 2. The fourth-order valence-electron chi connectivity index (χ4n) is 2.63.